The summed E-state index contributed by atoms with van der Waals surface area (Å²) >= 11 is 0. The number of rotatable bonds is 6. The van der Waals surface area contributed by atoms with Crippen LogP contribution in [0.3, 0.4) is 0 Å². The monoisotopic (exact) mass is 374 g/mol. The van der Waals surface area contributed by atoms with E-state index in [-0.39, 0.29) is 11.5 Å². The molecule has 2 aromatic heterocycles. The van der Waals surface area contributed by atoms with Gasteiger partial charge >= 0.3 is 0 Å². The molecule has 1 amide bonds. The van der Waals surface area contributed by atoms with Gasteiger partial charge in [0.05, 0.1) is 23.8 Å². The van der Waals surface area contributed by atoms with Crippen molar-refractivity contribution in [3.8, 4) is 0 Å². The van der Waals surface area contributed by atoms with Crippen molar-refractivity contribution in [2.24, 2.45) is 0 Å². The average Bonchev–Trinajstić information content (AvgIpc) is 3.22. The fourth-order valence-corrected chi connectivity index (χ4v) is 3.37. The topological polar surface area (TPSA) is 68.4 Å². The Hall–Kier alpha value is -3.41. The molecule has 0 atom stereocenters. The second-order valence-electron chi connectivity index (χ2n) is 6.82. The Morgan fingerprint density at radius 3 is 2.64 bits per heavy atom. The largest absolute Gasteiger partial charge is 0.352 e. The maximum atomic E-state index is 13.1. The molecule has 0 aliphatic heterocycles. The second kappa shape index (κ2) is 7.68. The number of amides is 1. The molecule has 6 heteroatoms. The number of carbonyl (C=O) groups is 1. The van der Waals surface area contributed by atoms with Gasteiger partial charge in [-0.25, -0.2) is 4.52 Å². The molecule has 1 N–H and O–H groups in total. The summed E-state index contributed by atoms with van der Waals surface area (Å²) in [5.41, 5.74) is 3.43. The van der Waals surface area contributed by atoms with Gasteiger partial charge in [-0.05, 0) is 36.2 Å². The quantitative estimate of drug-likeness (QED) is 0.527. The number of aromatic nitrogens is 3. The third-order valence-corrected chi connectivity index (χ3v) is 4.86. The number of hydrogen-bond acceptors (Lipinski definition) is 3. The summed E-state index contributed by atoms with van der Waals surface area (Å²) < 4.78 is 3.35. The van der Waals surface area contributed by atoms with Gasteiger partial charge in [-0.2, -0.15) is 5.10 Å². The molecule has 0 saturated heterocycles. The van der Waals surface area contributed by atoms with Crippen LogP contribution in [0.5, 0.6) is 0 Å². The highest BCUT2D eigenvalue weighted by Crippen LogP contribution is 2.18. The zero-order valence-corrected chi connectivity index (χ0v) is 15.8. The summed E-state index contributed by atoms with van der Waals surface area (Å²) in [6, 6.07) is 17.0. The highest BCUT2D eigenvalue weighted by Gasteiger charge is 2.14. The van der Waals surface area contributed by atoms with Gasteiger partial charge in [0.2, 0.25) is 0 Å². The number of nitrogens with zero attached hydrogens (tertiary/aromatic N) is 3. The molecule has 0 aliphatic carbocycles. The van der Waals surface area contributed by atoms with Crippen LogP contribution in [0.15, 0.2) is 65.6 Å². The molecule has 6 nitrogen and oxygen atoms in total. The lowest BCUT2D eigenvalue weighted by Crippen LogP contribution is -2.26. The number of nitrogens with one attached hydrogen (secondary N) is 1. The first kappa shape index (κ1) is 18.0. The van der Waals surface area contributed by atoms with Crippen molar-refractivity contribution in [3.63, 3.8) is 0 Å². The third kappa shape index (κ3) is 3.29. The van der Waals surface area contributed by atoms with Gasteiger partial charge in [-0.15, -0.1) is 0 Å². The Morgan fingerprint density at radius 1 is 1.04 bits per heavy atom. The third-order valence-electron chi connectivity index (χ3n) is 4.86. The highest BCUT2D eigenvalue weighted by atomic mass is 16.1. The minimum atomic E-state index is -0.130. The van der Waals surface area contributed by atoms with E-state index in [4.69, 9.17) is 0 Å². The standard InChI is InChI=1S/C22H22N4O2/c1-2-3-12-23-21(27)17-9-10-18-20(14-17)25(15-16-7-5-4-6-8-16)22(28)19-11-13-24-26(18)19/h4-11,13-14H,2-3,12,15H2,1H3,(H,23,27). The van der Waals surface area contributed by atoms with Gasteiger partial charge in [0, 0.05) is 12.1 Å². The molecule has 2 aromatic carbocycles. The van der Waals surface area contributed by atoms with Crippen molar-refractivity contribution in [1.82, 2.24) is 19.5 Å². The maximum Gasteiger partial charge on any atom is 0.277 e. The molecule has 0 radical (unpaired) electrons. The van der Waals surface area contributed by atoms with Gasteiger partial charge in [-0.1, -0.05) is 43.7 Å². The van der Waals surface area contributed by atoms with Crippen LogP contribution < -0.4 is 10.9 Å². The predicted octanol–water partition coefficient (Wildman–Crippen LogP) is 3.23. The van der Waals surface area contributed by atoms with Crippen LogP contribution in [-0.2, 0) is 6.54 Å². The average molecular weight is 374 g/mol. The summed E-state index contributed by atoms with van der Waals surface area (Å²) in [5.74, 6) is -0.130. The summed E-state index contributed by atoms with van der Waals surface area (Å²) in [4.78, 5) is 25.6. The highest BCUT2D eigenvalue weighted by molar-refractivity contribution is 5.97. The van der Waals surface area contributed by atoms with Crippen molar-refractivity contribution in [1.29, 1.82) is 0 Å². The van der Waals surface area contributed by atoms with Crippen molar-refractivity contribution in [2.45, 2.75) is 26.3 Å². The molecule has 28 heavy (non-hydrogen) atoms. The van der Waals surface area contributed by atoms with E-state index in [2.05, 4.69) is 17.3 Å². The molecule has 2 heterocycles. The molecule has 0 unspecified atom stereocenters. The van der Waals surface area contributed by atoms with Gasteiger partial charge in [0.25, 0.3) is 11.5 Å². The number of carbonyl (C=O) groups excluding carboxylic acids is 1. The fraction of sp³-hybridized carbons (Fsp3) is 0.227. The lowest BCUT2D eigenvalue weighted by atomic mass is 10.1. The Bertz CT molecular complexity index is 1190. The first-order valence-corrected chi connectivity index (χ1v) is 9.51. The summed E-state index contributed by atoms with van der Waals surface area (Å²) in [6.07, 6.45) is 3.58. The Morgan fingerprint density at radius 2 is 1.86 bits per heavy atom. The van der Waals surface area contributed by atoms with E-state index in [0.29, 0.717) is 29.7 Å². The normalized spacial score (nSPS) is 11.2. The van der Waals surface area contributed by atoms with Gasteiger partial charge in [-0.3, -0.25) is 9.59 Å². The predicted molar refractivity (Wildman–Crippen MR) is 110 cm³/mol. The van der Waals surface area contributed by atoms with E-state index in [1.54, 1.807) is 33.5 Å². The van der Waals surface area contributed by atoms with E-state index in [1.807, 2.05) is 36.4 Å². The van der Waals surface area contributed by atoms with Crippen molar-refractivity contribution in [2.75, 3.05) is 6.54 Å². The van der Waals surface area contributed by atoms with E-state index < -0.39 is 0 Å². The zero-order valence-electron chi connectivity index (χ0n) is 15.8. The minimum absolute atomic E-state index is 0.127. The van der Waals surface area contributed by atoms with Crippen LogP contribution >= 0.6 is 0 Å². The summed E-state index contributed by atoms with van der Waals surface area (Å²) in [7, 11) is 0. The Balaban J connectivity index is 1.86. The van der Waals surface area contributed by atoms with Crippen molar-refractivity contribution in [3.05, 3.63) is 82.3 Å². The number of hydrogen-bond donors (Lipinski definition) is 1. The first-order valence-electron chi connectivity index (χ1n) is 9.51. The van der Waals surface area contributed by atoms with E-state index in [1.165, 1.54) is 0 Å². The lowest BCUT2D eigenvalue weighted by Gasteiger charge is -2.13. The van der Waals surface area contributed by atoms with Crippen LogP contribution in [0.2, 0.25) is 0 Å². The first-order chi connectivity index (χ1) is 13.7. The minimum Gasteiger partial charge on any atom is -0.352 e. The molecule has 0 bridgehead atoms. The zero-order chi connectivity index (χ0) is 19.5. The Kier molecular flexibility index (Phi) is 4.93. The van der Waals surface area contributed by atoms with Gasteiger partial charge in [0.15, 0.2) is 0 Å². The van der Waals surface area contributed by atoms with E-state index in [9.17, 15) is 9.59 Å². The summed E-state index contributed by atoms with van der Waals surface area (Å²) in [6.45, 7) is 3.15. The summed E-state index contributed by atoms with van der Waals surface area (Å²) in [5, 5.41) is 7.23. The maximum absolute atomic E-state index is 13.1. The SMILES string of the molecule is CCCCNC(=O)c1ccc2c(c1)n(Cc1ccccc1)c(=O)c1ccnn12. The molecule has 142 valence electrons. The van der Waals surface area contributed by atoms with E-state index >= 15 is 0 Å². The number of unbranched alkanes of at least 4 members (excludes halogenated alkanes) is 1. The molecule has 0 spiro atoms. The van der Waals surface area contributed by atoms with Gasteiger partial charge < -0.3 is 9.88 Å². The van der Waals surface area contributed by atoms with Crippen molar-refractivity contribution < 1.29 is 4.79 Å². The lowest BCUT2D eigenvalue weighted by molar-refractivity contribution is 0.0953. The molecule has 0 aliphatic rings. The van der Waals surface area contributed by atoms with Crippen LogP contribution in [0, 0.1) is 0 Å². The van der Waals surface area contributed by atoms with Crippen LogP contribution in [0.4, 0.5) is 0 Å². The molecular formula is C22H22N4O2. The van der Waals surface area contributed by atoms with E-state index in [0.717, 1.165) is 23.9 Å². The van der Waals surface area contributed by atoms with Crippen LogP contribution in [0.25, 0.3) is 16.6 Å². The van der Waals surface area contributed by atoms with Crippen molar-refractivity contribution >= 4 is 22.5 Å². The van der Waals surface area contributed by atoms with Crippen LogP contribution in [0.1, 0.15) is 35.7 Å². The molecular weight excluding hydrogens is 352 g/mol. The fourth-order valence-electron chi connectivity index (χ4n) is 3.37. The van der Waals surface area contributed by atoms with Gasteiger partial charge in [0.1, 0.15) is 5.52 Å². The molecule has 0 saturated carbocycles. The number of fused-ring (bicyclic) bond motifs is 3. The Labute approximate surface area is 162 Å². The smallest absolute Gasteiger partial charge is 0.277 e. The molecule has 4 aromatic rings. The second-order valence-corrected chi connectivity index (χ2v) is 6.82. The molecule has 0 fully saturated rings. The van der Waals surface area contributed by atoms with Crippen LogP contribution in [-0.4, -0.2) is 26.6 Å². The number of benzene rings is 2. The molecule has 4 rings (SSSR count).